The Labute approximate surface area is 185 Å². The maximum atomic E-state index is 13.5. The summed E-state index contributed by atoms with van der Waals surface area (Å²) in [6.45, 7) is 2.36. The number of halogens is 1. The zero-order valence-corrected chi connectivity index (χ0v) is 17.9. The van der Waals surface area contributed by atoms with Gasteiger partial charge in [-0.25, -0.2) is 9.18 Å². The van der Waals surface area contributed by atoms with Crippen LogP contribution in [-0.2, 0) is 4.79 Å². The molecule has 1 unspecified atom stereocenters. The molecule has 0 spiro atoms. The molecule has 0 aromatic heterocycles. The third-order valence-electron chi connectivity index (χ3n) is 4.51. The summed E-state index contributed by atoms with van der Waals surface area (Å²) in [5.41, 5.74) is 5.83. The number of thioether (sulfide) groups is 1. The maximum absolute atomic E-state index is 13.5. The van der Waals surface area contributed by atoms with Gasteiger partial charge in [0.2, 0.25) is 0 Å². The van der Waals surface area contributed by atoms with Crippen molar-refractivity contribution >= 4 is 24.1 Å². The van der Waals surface area contributed by atoms with Gasteiger partial charge in [0.15, 0.2) is 6.29 Å². The molecule has 0 saturated carbocycles. The van der Waals surface area contributed by atoms with E-state index >= 15 is 0 Å². The Morgan fingerprint density at radius 3 is 2.77 bits per heavy atom. The Kier molecular flexibility index (Phi) is 9.79. The van der Waals surface area contributed by atoms with Crippen molar-refractivity contribution in [2.45, 2.75) is 25.3 Å². The molecule has 7 nitrogen and oxygen atoms in total. The Hall–Kier alpha value is -3.11. The van der Waals surface area contributed by atoms with Crippen LogP contribution in [0.15, 0.2) is 39.8 Å². The molecule has 1 aromatic rings. The summed E-state index contributed by atoms with van der Waals surface area (Å²) in [4.78, 5) is 22.8. The molecule has 1 saturated heterocycles. The molecule has 3 rings (SSSR count). The number of allylic oxidation sites excluding steroid dienone is 3. The first-order valence-electron chi connectivity index (χ1n) is 9.69. The fourth-order valence-electron chi connectivity index (χ4n) is 2.87. The number of likely N-dealkylation sites (N-methyl/N-ethyl adjacent to an activating group) is 1. The first-order chi connectivity index (χ1) is 15.0. The van der Waals surface area contributed by atoms with E-state index in [0.29, 0.717) is 33.8 Å². The van der Waals surface area contributed by atoms with Gasteiger partial charge in [-0.1, -0.05) is 29.7 Å². The predicted molar refractivity (Wildman–Crippen MR) is 119 cm³/mol. The number of aldehydes is 1. The summed E-state index contributed by atoms with van der Waals surface area (Å²) in [7, 11) is 2.03. The quantitative estimate of drug-likeness (QED) is 0.421. The highest BCUT2D eigenvalue weighted by Gasteiger charge is 2.15. The van der Waals surface area contributed by atoms with Gasteiger partial charge in [-0.3, -0.25) is 4.79 Å². The standard InChI is InChI=1S/C16H10FN3O2S.C6H14N2/c17-13-7-10(1-3-11(13)8-18)2-4-12-5-6-14(20-16(19)22)15(9-21)23-12;1-7-6-3-2-4-8-5-6/h1,3,5,7,9H,6H2,(H3,19,20,22);6-8H,2-5H2,1H3. The molecule has 0 bridgehead atoms. The smallest absolute Gasteiger partial charge is 0.316 e. The van der Waals surface area contributed by atoms with Gasteiger partial charge in [-0.15, -0.1) is 0 Å². The maximum Gasteiger partial charge on any atom is 0.316 e. The van der Waals surface area contributed by atoms with Crippen molar-refractivity contribution in [1.82, 2.24) is 16.0 Å². The summed E-state index contributed by atoms with van der Waals surface area (Å²) in [6.07, 6.45) is 5.33. The highest BCUT2D eigenvalue weighted by Crippen LogP contribution is 2.31. The Balaban J connectivity index is 0.000000357. The number of primary amides is 1. The average Bonchev–Trinajstić information content (AvgIpc) is 2.79. The number of nitrogens with zero attached hydrogens (tertiary/aromatic N) is 1. The number of hydrogen-bond donors (Lipinski definition) is 4. The van der Waals surface area contributed by atoms with Crippen LogP contribution in [0.3, 0.4) is 0 Å². The largest absolute Gasteiger partial charge is 0.351 e. The lowest BCUT2D eigenvalue weighted by molar-refractivity contribution is -0.104. The van der Waals surface area contributed by atoms with Crippen LogP contribution in [0.5, 0.6) is 0 Å². The molecule has 1 aromatic carbocycles. The van der Waals surface area contributed by atoms with Crippen LogP contribution in [0.4, 0.5) is 9.18 Å². The number of piperidine rings is 1. The second kappa shape index (κ2) is 12.6. The lowest BCUT2D eigenvalue weighted by Gasteiger charge is -2.21. The number of rotatable bonds is 3. The number of carbonyl (C=O) groups is 2. The van der Waals surface area contributed by atoms with Gasteiger partial charge in [-0.2, -0.15) is 5.26 Å². The van der Waals surface area contributed by atoms with Gasteiger partial charge in [0, 0.05) is 30.3 Å². The van der Waals surface area contributed by atoms with E-state index in [1.165, 1.54) is 31.5 Å². The summed E-state index contributed by atoms with van der Waals surface area (Å²) >= 11 is 1.10. The van der Waals surface area contributed by atoms with Crippen molar-refractivity contribution in [3.8, 4) is 17.9 Å². The van der Waals surface area contributed by atoms with Gasteiger partial charge in [-0.05, 0) is 44.6 Å². The first kappa shape index (κ1) is 24.2. The van der Waals surface area contributed by atoms with E-state index in [1.807, 2.05) is 7.05 Å². The monoisotopic (exact) mass is 441 g/mol. The van der Waals surface area contributed by atoms with Crippen molar-refractivity contribution in [1.29, 1.82) is 5.26 Å². The van der Waals surface area contributed by atoms with Crippen LogP contribution >= 0.6 is 11.8 Å². The molecule has 162 valence electrons. The van der Waals surface area contributed by atoms with Crippen molar-refractivity contribution < 1.29 is 14.0 Å². The lowest BCUT2D eigenvalue weighted by Crippen LogP contribution is -2.41. The van der Waals surface area contributed by atoms with E-state index in [-0.39, 0.29) is 5.56 Å². The fourth-order valence-corrected chi connectivity index (χ4v) is 3.68. The number of amides is 2. The average molecular weight is 442 g/mol. The second-order valence-corrected chi connectivity index (χ2v) is 7.80. The van der Waals surface area contributed by atoms with E-state index < -0.39 is 11.8 Å². The third kappa shape index (κ3) is 7.91. The van der Waals surface area contributed by atoms with Crippen molar-refractivity contribution in [3.63, 3.8) is 0 Å². The molecule has 0 radical (unpaired) electrons. The SMILES string of the molecule is CNC1CCCNC1.N#Cc1ccc(C#CC2=CCC(NC(N)=O)=C(C=O)S2)cc1F. The van der Waals surface area contributed by atoms with Gasteiger partial charge < -0.3 is 21.7 Å². The minimum atomic E-state index is -0.740. The van der Waals surface area contributed by atoms with Gasteiger partial charge in [0.1, 0.15) is 11.9 Å². The van der Waals surface area contributed by atoms with E-state index in [9.17, 15) is 14.0 Å². The van der Waals surface area contributed by atoms with Crippen LogP contribution in [-0.4, -0.2) is 38.5 Å². The topological polar surface area (TPSA) is 120 Å². The van der Waals surface area contributed by atoms with Crippen LogP contribution in [0.1, 0.15) is 30.4 Å². The number of urea groups is 1. The van der Waals surface area contributed by atoms with E-state index in [2.05, 4.69) is 27.8 Å². The number of nitrogens with two attached hydrogens (primary N) is 1. The molecule has 1 atom stereocenters. The number of carbonyl (C=O) groups excluding carboxylic acids is 2. The lowest BCUT2D eigenvalue weighted by atomic mass is 10.1. The molecule has 31 heavy (non-hydrogen) atoms. The van der Waals surface area contributed by atoms with Crippen LogP contribution < -0.4 is 21.7 Å². The Morgan fingerprint density at radius 2 is 2.23 bits per heavy atom. The molecule has 2 aliphatic heterocycles. The molecule has 0 aliphatic carbocycles. The predicted octanol–water partition coefficient (Wildman–Crippen LogP) is 2.11. The second-order valence-electron chi connectivity index (χ2n) is 6.71. The number of nitrogens with one attached hydrogen (secondary N) is 3. The fraction of sp³-hybridized carbons (Fsp3) is 0.318. The normalized spacial score (nSPS) is 17.7. The molecule has 2 aliphatic rings. The highest BCUT2D eigenvalue weighted by molar-refractivity contribution is 8.07. The molecule has 1 fully saturated rings. The molecular weight excluding hydrogens is 417 g/mol. The molecule has 2 amide bonds. The minimum Gasteiger partial charge on any atom is -0.351 e. The number of nitriles is 1. The molecule has 9 heteroatoms. The van der Waals surface area contributed by atoms with Gasteiger partial charge in [0.05, 0.1) is 15.4 Å². The van der Waals surface area contributed by atoms with Gasteiger partial charge in [0.25, 0.3) is 0 Å². The van der Waals surface area contributed by atoms with E-state index in [4.69, 9.17) is 11.0 Å². The molecule has 5 N–H and O–H groups in total. The van der Waals surface area contributed by atoms with E-state index in [1.54, 1.807) is 18.2 Å². The van der Waals surface area contributed by atoms with Crippen LogP contribution in [0.2, 0.25) is 0 Å². The summed E-state index contributed by atoms with van der Waals surface area (Å²) in [6, 6.07) is 5.79. The summed E-state index contributed by atoms with van der Waals surface area (Å²) in [5.74, 6) is 4.96. The highest BCUT2D eigenvalue weighted by atomic mass is 32.2. The van der Waals surface area contributed by atoms with Crippen molar-refractivity contribution in [2.75, 3.05) is 20.1 Å². The summed E-state index contributed by atoms with van der Waals surface area (Å²) < 4.78 is 13.5. The number of hydrogen-bond acceptors (Lipinski definition) is 6. The zero-order chi connectivity index (χ0) is 22.6. The molecular formula is C22H24FN5O2S. The van der Waals surface area contributed by atoms with Crippen molar-refractivity contribution in [3.05, 3.63) is 56.7 Å². The number of benzene rings is 1. The van der Waals surface area contributed by atoms with E-state index in [0.717, 1.165) is 24.3 Å². The van der Waals surface area contributed by atoms with Crippen LogP contribution in [0.25, 0.3) is 0 Å². The van der Waals surface area contributed by atoms with Gasteiger partial charge >= 0.3 is 6.03 Å². The van der Waals surface area contributed by atoms with Crippen molar-refractivity contribution in [2.24, 2.45) is 5.73 Å². The van der Waals surface area contributed by atoms with Crippen LogP contribution in [0, 0.1) is 29.0 Å². The first-order valence-corrected chi connectivity index (χ1v) is 10.5. The zero-order valence-electron chi connectivity index (χ0n) is 17.1. The third-order valence-corrected chi connectivity index (χ3v) is 5.57. The minimum absolute atomic E-state index is 0.0462. The Bertz CT molecular complexity index is 982. The Morgan fingerprint density at radius 1 is 1.42 bits per heavy atom. The molecule has 2 heterocycles. The summed E-state index contributed by atoms with van der Waals surface area (Å²) in [5, 5.41) is 17.6.